The van der Waals surface area contributed by atoms with Crippen LogP contribution >= 0.6 is 0 Å². The van der Waals surface area contributed by atoms with Gasteiger partial charge in [-0.2, -0.15) is 0 Å². The van der Waals surface area contributed by atoms with E-state index in [1.165, 1.54) is 13.1 Å². The fourth-order valence-corrected chi connectivity index (χ4v) is 3.55. The molecule has 152 valence electrons. The molecule has 30 heavy (non-hydrogen) atoms. The van der Waals surface area contributed by atoms with Gasteiger partial charge in [0.2, 0.25) is 5.91 Å². The number of ketones is 1. The van der Waals surface area contributed by atoms with Crippen molar-refractivity contribution in [3.8, 4) is 0 Å². The van der Waals surface area contributed by atoms with Crippen molar-refractivity contribution >= 4 is 17.6 Å². The van der Waals surface area contributed by atoms with Gasteiger partial charge in [-0.3, -0.25) is 24.7 Å². The Bertz CT molecular complexity index is 1030. The number of benzene rings is 2. The van der Waals surface area contributed by atoms with Gasteiger partial charge in [-0.05, 0) is 43.0 Å². The molecule has 1 N–H and O–H groups in total. The minimum absolute atomic E-state index is 0.00920. The number of carbonyl (C=O) groups is 3. The number of nitrogens with zero attached hydrogens (tertiary/aromatic N) is 1. The number of hydrogen-bond donors (Lipinski definition) is 1. The third-order valence-electron chi connectivity index (χ3n) is 5.36. The van der Waals surface area contributed by atoms with E-state index in [1.807, 2.05) is 49.4 Å². The molecule has 5 heteroatoms. The Morgan fingerprint density at radius 3 is 2.13 bits per heavy atom. The fourth-order valence-electron chi connectivity index (χ4n) is 3.55. The molecule has 0 spiro atoms. The Hall–Kier alpha value is -3.60. The molecule has 3 rings (SSSR count). The van der Waals surface area contributed by atoms with E-state index in [0.29, 0.717) is 18.4 Å². The van der Waals surface area contributed by atoms with Crippen LogP contribution < -0.4 is 5.32 Å². The molecule has 0 saturated heterocycles. The highest BCUT2D eigenvalue weighted by Crippen LogP contribution is 2.33. The molecule has 0 radical (unpaired) electrons. The Labute approximate surface area is 176 Å². The minimum atomic E-state index is -0.941. The molecule has 1 heterocycles. The maximum atomic E-state index is 13.4. The average Bonchev–Trinajstić information content (AvgIpc) is 2.79. The van der Waals surface area contributed by atoms with Gasteiger partial charge in [0.05, 0.1) is 5.41 Å². The minimum Gasteiger partial charge on any atom is -0.295 e. The molecule has 5 nitrogen and oxygen atoms in total. The summed E-state index contributed by atoms with van der Waals surface area (Å²) in [7, 11) is 0. The smallest absolute Gasteiger partial charge is 0.276 e. The van der Waals surface area contributed by atoms with Crippen LogP contribution in [-0.2, 0) is 16.6 Å². The van der Waals surface area contributed by atoms with Gasteiger partial charge in [0.1, 0.15) is 5.69 Å². The summed E-state index contributed by atoms with van der Waals surface area (Å²) in [6, 6.07) is 21.7. The van der Waals surface area contributed by atoms with Crippen LogP contribution in [0.3, 0.4) is 0 Å². The van der Waals surface area contributed by atoms with Gasteiger partial charge in [0, 0.05) is 11.8 Å². The van der Waals surface area contributed by atoms with E-state index in [9.17, 15) is 14.4 Å². The first-order chi connectivity index (χ1) is 14.5. The number of amides is 2. The van der Waals surface area contributed by atoms with Gasteiger partial charge in [0.25, 0.3) is 5.91 Å². The van der Waals surface area contributed by atoms with E-state index < -0.39 is 11.3 Å². The Balaban J connectivity index is 1.96. The molecule has 0 aliphatic rings. The molecule has 0 bridgehead atoms. The summed E-state index contributed by atoms with van der Waals surface area (Å²) in [4.78, 5) is 41.6. The molecule has 1 aromatic heterocycles. The summed E-state index contributed by atoms with van der Waals surface area (Å²) in [5, 5.41) is 2.54. The number of pyridine rings is 1. The SMILES string of the molecule is CCC(Cc1ccc(C(C)=O)cc1)(C(=O)NC(=O)c1ccccn1)c1ccccc1. The number of hydrogen-bond acceptors (Lipinski definition) is 4. The average molecular weight is 400 g/mol. The van der Waals surface area contributed by atoms with E-state index in [1.54, 1.807) is 30.3 Å². The van der Waals surface area contributed by atoms with Crippen LogP contribution in [0.25, 0.3) is 0 Å². The number of Topliss-reactive ketones (excluding diaryl/α,β-unsaturated/α-hetero) is 1. The van der Waals surface area contributed by atoms with E-state index in [4.69, 9.17) is 0 Å². The van der Waals surface area contributed by atoms with Crippen LogP contribution in [0.5, 0.6) is 0 Å². The molecular formula is C25H24N2O3. The van der Waals surface area contributed by atoms with Crippen LogP contribution in [0, 0.1) is 0 Å². The number of carbonyl (C=O) groups excluding carboxylic acids is 3. The second-order valence-corrected chi connectivity index (χ2v) is 7.23. The highest BCUT2D eigenvalue weighted by molar-refractivity contribution is 6.07. The Morgan fingerprint density at radius 2 is 1.57 bits per heavy atom. The molecule has 3 aromatic rings. The van der Waals surface area contributed by atoms with Crippen molar-refractivity contribution < 1.29 is 14.4 Å². The third kappa shape index (κ3) is 4.51. The summed E-state index contributed by atoms with van der Waals surface area (Å²) in [5.74, 6) is -0.908. The van der Waals surface area contributed by atoms with Gasteiger partial charge in [-0.1, -0.05) is 67.6 Å². The summed E-state index contributed by atoms with van der Waals surface area (Å²) in [5.41, 5.74) is 1.61. The molecule has 2 amide bonds. The summed E-state index contributed by atoms with van der Waals surface area (Å²) >= 11 is 0. The maximum Gasteiger partial charge on any atom is 0.276 e. The van der Waals surface area contributed by atoms with Gasteiger partial charge in [-0.25, -0.2) is 0 Å². The van der Waals surface area contributed by atoms with E-state index in [2.05, 4.69) is 10.3 Å². The molecule has 0 saturated carbocycles. The van der Waals surface area contributed by atoms with E-state index in [0.717, 1.165) is 11.1 Å². The summed E-state index contributed by atoms with van der Waals surface area (Å²) < 4.78 is 0. The lowest BCUT2D eigenvalue weighted by molar-refractivity contribution is -0.126. The normalized spacial score (nSPS) is 12.6. The number of nitrogens with one attached hydrogen (secondary N) is 1. The second-order valence-electron chi connectivity index (χ2n) is 7.23. The number of aromatic nitrogens is 1. The lowest BCUT2D eigenvalue weighted by Crippen LogP contribution is -2.48. The predicted octanol–water partition coefficient (Wildman–Crippen LogP) is 4.13. The van der Waals surface area contributed by atoms with Gasteiger partial charge >= 0.3 is 0 Å². The maximum absolute atomic E-state index is 13.4. The first kappa shape index (κ1) is 21.1. The molecule has 0 aliphatic carbocycles. The number of imide groups is 1. The first-order valence-electron chi connectivity index (χ1n) is 9.88. The van der Waals surface area contributed by atoms with Crippen molar-refractivity contribution in [1.82, 2.24) is 10.3 Å². The van der Waals surface area contributed by atoms with Crippen molar-refractivity contribution in [2.24, 2.45) is 0 Å². The van der Waals surface area contributed by atoms with Crippen molar-refractivity contribution in [2.75, 3.05) is 0 Å². The van der Waals surface area contributed by atoms with Crippen molar-refractivity contribution in [3.05, 3.63) is 101 Å². The third-order valence-corrected chi connectivity index (χ3v) is 5.36. The monoisotopic (exact) mass is 400 g/mol. The molecule has 2 aromatic carbocycles. The highest BCUT2D eigenvalue weighted by atomic mass is 16.2. The lowest BCUT2D eigenvalue weighted by Gasteiger charge is -2.32. The van der Waals surface area contributed by atoms with Crippen molar-refractivity contribution in [2.45, 2.75) is 32.1 Å². The molecule has 1 atom stereocenters. The Kier molecular flexibility index (Phi) is 6.52. The molecular weight excluding hydrogens is 376 g/mol. The van der Waals surface area contributed by atoms with E-state index in [-0.39, 0.29) is 17.4 Å². The summed E-state index contributed by atoms with van der Waals surface area (Å²) in [6.07, 6.45) is 2.40. The van der Waals surface area contributed by atoms with Gasteiger partial charge in [0.15, 0.2) is 5.78 Å². The largest absolute Gasteiger partial charge is 0.295 e. The van der Waals surface area contributed by atoms with Crippen LogP contribution in [0.1, 0.15) is 52.2 Å². The zero-order valence-electron chi connectivity index (χ0n) is 17.1. The van der Waals surface area contributed by atoms with Crippen LogP contribution in [0.15, 0.2) is 79.0 Å². The number of rotatable bonds is 7. The fraction of sp³-hybridized carbons (Fsp3) is 0.200. The van der Waals surface area contributed by atoms with Crippen molar-refractivity contribution in [1.29, 1.82) is 0 Å². The molecule has 0 fully saturated rings. The van der Waals surface area contributed by atoms with Crippen LogP contribution in [-0.4, -0.2) is 22.6 Å². The second kappa shape index (κ2) is 9.27. The standard InChI is InChI=1S/C25H24N2O3/c1-3-25(21-9-5-4-6-10-21,17-19-12-14-20(15-13-19)18(2)28)24(30)27-23(29)22-11-7-8-16-26-22/h4-16H,3,17H2,1-2H3,(H,27,29,30). The topological polar surface area (TPSA) is 76.1 Å². The predicted molar refractivity (Wildman–Crippen MR) is 115 cm³/mol. The molecule has 1 unspecified atom stereocenters. The first-order valence-corrected chi connectivity index (χ1v) is 9.88. The zero-order chi connectivity index (χ0) is 21.6. The molecule has 0 aliphatic heterocycles. The van der Waals surface area contributed by atoms with Gasteiger partial charge in [-0.15, -0.1) is 0 Å². The van der Waals surface area contributed by atoms with Crippen LogP contribution in [0.2, 0.25) is 0 Å². The van der Waals surface area contributed by atoms with Gasteiger partial charge < -0.3 is 0 Å². The van der Waals surface area contributed by atoms with Crippen LogP contribution in [0.4, 0.5) is 0 Å². The van der Waals surface area contributed by atoms with E-state index >= 15 is 0 Å². The quantitative estimate of drug-likeness (QED) is 0.605. The summed E-state index contributed by atoms with van der Waals surface area (Å²) in [6.45, 7) is 3.45. The lowest BCUT2D eigenvalue weighted by atomic mass is 9.72. The zero-order valence-corrected chi connectivity index (χ0v) is 17.1. The Morgan fingerprint density at radius 1 is 0.900 bits per heavy atom. The highest BCUT2D eigenvalue weighted by Gasteiger charge is 2.39. The van der Waals surface area contributed by atoms with Crippen molar-refractivity contribution in [3.63, 3.8) is 0 Å².